The van der Waals surface area contributed by atoms with E-state index < -0.39 is 29.6 Å². The fourth-order valence-electron chi connectivity index (χ4n) is 2.57. The quantitative estimate of drug-likeness (QED) is 0.642. The van der Waals surface area contributed by atoms with Gasteiger partial charge < -0.3 is 18.9 Å². The summed E-state index contributed by atoms with van der Waals surface area (Å²) in [7, 11) is 2.61. The van der Waals surface area contributed by atoms with Gasteiger partial charge in [0.15, 0.2) is 5.79 Å². The lowest BCUT2D eigenvalue weighted by Crippen LogP contribution is -2.27. The molecular weight excluding hydrogens is 228 g/mol. The van der Waals surface area contributed by atoms with E-state index in [0.29, 0.717) is 26.1 Å². The lowest BCUT2D eigenvalue weighted by molar-refractivity contribution is -0.162. The maximum absolute atomic E-state index is 11.6. The van der Waals surface area contributed by atoms with Gasteiger partial charge >= 0.3 is 11.9 Å². The van der Waals surface area contributed by atoms with Crippen LogP contribution in [0.3, 0.4) is 0 Å². The molecule has 2 fully saturated rings. The summed E-state index contributed by atoms with van der Waals surface area (Å²) in [5.41, 5.74) is 0. The van der Waals surface area contributed by atoms with Crippen LogP contribution in [0, 0.1) is 11.8 Å². The molecule has 2 atom stereocenters. The van der Waals surface area contributed by atoms with Crippen molar-refractivity contribution in [3.05, 3.63) is 0 Å². The highest BCUT2D eigenvalue weighted by atomic mass is 16.7. The highest BCUT2D eigenvalue weighted by molar-refractivity contribution is 5.83. The van der Waals surface area contributed by atoms with E-state index in [2.05, 4.69) is 0 Å². The minimum absolute atomic E-state index is 0.347. The largest absolute Gasteiger partial charge is 0.469 e. The molecule has 2 rings (SSSR count). The second kappa shape index (κ2) is 4.62. The Morgan fingerprint density at radius 3 is 1.76 bits per heavy atom. The van der Waals surface area contributed by atoms with Crippen LogP contribution in [0.5, 0.6) is 0 Å². The summed E-state index contributed by atoms with van der Waals surface area (Å²) in [5, 5.41) is 0. The van der Waals surface area contributed by atoms with E-state index in [9.17, 15) is 9.59 Å². The van der Waals surface area contributed by atoms with E-state index in [-0.39, 0.29) is 0 Å². The first-order valence-corrected chi connectivity index (χ1v) is 5.55. The van der Waals surface area contributed by atoms with Gasteiger partial charge in [-0.25, -0.2) is 0 Å². The molecule has 17 heavy (non-hydrogen) atoms. The minimum Gasteiger partial charge on any atom is -0.469 e. The summed E-state index contributed by atoms with van der Waals surface area (Å²) in [6.45, 7) is 0.976. The van der Waals surface area contributed by atoms with Crippen LogP contribution in [0.25, 0.3) is 0 Å². The standard InChI is InChI=1S/C11H16O6/c1-14-9(12)7-5-11(16-3-4-17-11)6-8(7)10(13)15-2/h7-8H,3-6H2,1-2H3/t7-,8?/m1/s1. The Bertz CT molecular complexity index is 294. The van der Waals surface area contributed by atoms with Gasteiger partial charge in [0.2, 0.25) is 0 Å². The Labute approximate surface area is 99.2 Å². The van der Waals surface area contributed by atoms with E-state index in [1.165, 1.54) is 14.2 Å². The summed E-state index contributed by atoms with van der Waals surface area (Å²) in [6.07, 6.45) is 0.693. The zero-order valence-electron chi connectivity index (χ0n) is 9.93. The van der Waals surface area contributed by atoms with Crippen molar-refractivity contribution in [2.24, 2.45) is 11.8 Å². The van der Waals surface area contributed by atoms with Crippen LogP contribution in [0.2, 0.25) is 0 Å². The van der Waals surface area contributed by atoms with Gasteiger partial charge in [0, 0.05) is 12.8 Å². The number of ether oxygens (including phenoxy) is 4. The Morgan fingerprint density at radius 1 is 1.00 bits per heavy atom. The van der Waals surface area contributed by atoms with Gasteiger partial charge in [-0.15, -0.1) is 0 Å². The van der Waals surface area contributed by atoms with Crippen molar-refractivity contribution in [3.63, 3.8) is 0 Å². The topological polar surface area (TPSA) is 71.1 Å². The van der Waals surface area contributed by atoms with Crippen LogP contribution in [0.1, 0.15) is 12.8 Å². The molecule has 1 aliphatic carbocycles. The zero-order valence-corrected chi connectivity index (χ0v) is 9.93. The average Bonchev–Trinajstić information content (AvgIpc) is 2.95. The molecule has 1 unspecified atom stereocenters. The first kappa shape index (κ1) is 12.3. The van der Waals surface area contributed by atoms with Crippen LogP contribution < -0.4 is 0 Å². The maximum Gasteiger partial charge on any atom is 0.309 e. The van der Waals surface area contributed by atoms with Gasteiger partial charge in [0.1, 0.15) is 0 Å². The number of rotatable bonds is 2. The Balaban J connectivity index is 2.17. The second-order valence-corrected chi connectivity index (χ2v) is 4.28. The summed E-state index contributed by atoms with van der Waals surface area (Å²) >= 11 is 0. The lowest BCUT2D eigenvalue weighted by Gasteiger charge is -2.20. The van der Waals surface area contributed by atoms with E-state index >= 15 is 0 Å². The smallest absolute Gasteiger partial charge is 0.309 e. The average molecular weight is 244 g/mol. The van der Waals surface area contributed by atoms with Gasteiger partial charge in [0.05, 0.1) is 39.3 Å². The molecule has 96 valence electrons. The van der Waals surface area contributed by atoms with Crippen molar-refractivity contribution in [2.45, 2.75) is 18.6 Å². The third-order valence-corrected chi connectivity index (χ3v) is 3.37. The summed E-state index contributed by atoms with van der Waals surface area (Å²) in [6, 6.07) is 0. The Morgan fingerprint density at radius 2 is 1.41 bits per heavy atom. The molecule has 0 aromatic heterocycles. The summed E-state index contributed by atoms with van der Waals surface area (Å²) in [5.74, 6) is -2.75. The van der Waals surface area contributed by atoms with Gasteiger partial charge in [-0.1, -0.05) is 0 Å². The summed E-state index contributed by atoms with van der Waals surface area (Å²) < 4.78 is 20.4. The SMILES string of the molecule is COC(=O)C1CC2(C[C@H]1C(=O)OC)OCCO2. The van der Waals surface area contributed by atoms with Gasteiger partial charge in [0.25, 0.3) is 0 Å². The molecule has 0 N–H and O–H groups in total. The molecule has 0 aromatic rings. The molecule has 0 aromatic carbocycles. The number of methoxy groups -OCH3 is 2. The van der Waals surface area contributed by atoms with Crippen molar-refractivity contribution in [2.75, 3.05) is 27.4 Å². The first-order chi connectivity index (χ1) is 8.12. The summed E-state index contributed by atoms with van der Waals surface area (Å²) in [4.78, 5) is 23.3. The first-order valence-electron chi connectivity index (χ1n) is 5.55. The number of hydrogen-bond donors (Lipinski definition) is 0. The van der Waals surface area contributed by atoms with Crippen molar-refractivity contribution in [3.8, 4) is 0 Å². The maximum atomic E-state index is 11.6. The molecule has 1 aliphatic heterocycles. The lowest BCUT2D eigenvalue weighted by atomic mass is 9.96. The molecule has 1 saturated carbocycles. The molecule has 6 nitrogen and oxygen atoms in total. The second-order valence-electron chi connectivity index (χ2n) is 4.28. The predicted octanol–water partition coefficient (Wildman–Crippen LogP) is 0.102. The van der Waals surface area contributed by atoms with Crippen molar-refractivity contribution in [1.29, 1.82) is 0 Å². The fourth-order valence-corrected chi connectivity index (χ4v) is 2.57. The van der Waals surface area contributed by atoms with Gasteiger partial charge in [-0.3, -0.25) is 9.59 Å². The van der Waals surface area contributed by atoms with E-state index in [1.54, 1.807) is 0 Å². The van der Waals surface area contributed by atoms with E-state index in [4.69, 9.17) is 18.9 Å². The van der Waals surface area contributed by atoms with E-state index in [0.717, 1.165) is 0 Å². The number of carbonyl (C=O) groups is 2. The molecule has 1 spiro atoms. The van der Waals surface area contributed by atoms with Gasteiger partial charge in [-0.05, 0) is 0 Å². The highest BCUT2D eigenvalue weighted by Gasteiger charge is 2.55. The Hall–Kier alpha value is -1.14. The predicted molar refractivity (Wildman–Crippen MR) is 54.9 cm³/mol. The van der Waals surface area contributed by atoms with Crippen LogP contribution in [-0.4, -0.2) is 45.2 Å². The normalized spacial score (nSPS) is 30.5. The highest BCUT2D eigenvalue weighted by Crippen LogP contribution is 2.45. The minimum atomic E-state index is -0.808. The third kappa shape index (κ3) is 2.14. The molecule has 0 amide bonds. The van der Waals surface area contributed by atoms with Crippen LogP contribution in [0.4, 0.5) is 0 Å². The molecular formula is C11H16O6. The van der Waals surface area contributed by atoms with Crippen LogP contribution in [-0.2, 0) is 28.5 Å². The molecule has 1 saturated heterocycles. The molecule has 2 aliphatic rings. The van der Waals surface area contributed by atoms with Crippen molar-refractivity contribution in [1.82, 2.24) is 0 Å². The molecule has 0 radical (unpaired) electrons. The van der Waals surface area contributed by atoms with Crippen molar-refractivity contribution >= 4 is 11.9 Å². The monoisotopic (exact) mass is 244 g/mol. The van der Waals surface area contributed by atoms with E-state index in [1.807, 2.05) is 0 Å². The third-order valence-electron chi connectivity index (χ3n) is 3.37. The number of hydrogen-bond acceptors (Lipinski definition) is 6. The molecule has 6 heteroatoms. The molecule has 1 heterocycles. The number of esters is 2. The Kier molecular flexibility index (Phi) is 3.35. The zero-order chi connectivity index (χ0) is 12.5. The van der Waals surface area contributed by atoms with Crippen LogP contribution >= 0.6 is 0 Å². The molecule has 0 bridgehead atoms. The van der Waals surface area contributed by atoms with Crippen LogP contribution in [0.15, 0.2) is 0 Å². The fraction of sp³-hybridized carbons (Fsp3) is 0.818. The number of carbonyl (C=O) groups excluding carboxylic acids is 2. The van der Waals surface area contributed by atoms with Crippen molar-refractivity contribution < 1.29 is 28.5 Å². The van der Waals surface area contributed by atoms with Gasteiger partial charge in [-0.2, -0.15) is 0 Å².